The average Bonchev–Trinajstić information content (AvgIpc) is 3.28. The van der Waals surface area contributed by atoms with Crippen molar-refractivity contribution in [1.82, 2.24) is 19.5 Å². The van der Waals surface area contributed by atoms with Gasteiger partial charge in [-0.2, -0.15) is 0 Å². The first-order chi connectivity index (χ1) is 14.5. The number of hydrogen-bond donors (Lipinski definition) is 4. The maximum Gasteiger partial charge on any atom is 0.308 e. The molecule has 2 aromatic heterocycles. The molecule has 1 unspecified atom stereocenters. The molecule has 3 aromatic rings. The zero-order valence-corrected chi connectivity index (χ0v) is 16.0. The Balaban J connectivity index is 1.58. The van der Waals surface area contributed by atoms with Crippen LogP contribution in [0.4, 0.5) is 5.82 Å². The van der Waals surface area contributed by atoms with Gasteiger partial charge in [-0.25, -0.2) is 15.0 Å². The second kappa shape index (κ2) is 8.32. The molecule has 4 N–H and O–H groups in total. The maximum atomic E-state index is 11.3. The van der Waals surface area contributed by atoms with Gasteiger partial charge in [-0.1, -0.05) is 18.2 Å². The number of fused-ring (bicyclic) bond motifs is 1. The van der Waals surface area contributed by atoms with Crippen molar-refractivity contribution in [3.63, 3.8) is 0 Å². The minimum Gasteiger partial charge on any atom is -0.426 e. The molecule has 1 aliphatic heterocycles. The molecule has 11 heteroatoms. The summed E-state index contributed by atoms with van der Waals surface area (Å²) in [5.41, 5.74) is 1.57. The van der Waals surface area contributed by atoms with Crippen molar-refractivity contribution in [3.05, 3.63) is 42.5 Å². The summed E-state index contributed by atoms with van der Waals surface area (Å²) < 4.78 is 12.3. The van der Waals surface area contributed by atoms with Crippen LogP contribution in [0.15, 0.2) is 36.9 Å². The highest BCUT2D eigenvalue weighted by molar-refractivity contribution is 5.82. The number of rotatable bonds is 6. The Labute approximate surface area is 170 Å². The Kier molecular flexibility index (Phi) is 5.59. The first kappa shape index (κ1) is 20.2. The van der Waals surface area contributed by atoms with Crippen molar-refractivity contribution in [2.75, 3.05) is 11.9 Å². The molecular formula is C19H21N5O6. The summed E-state index contributed by atoms with van der Waals surface area (Å²) in [6.45, 7) is 1.23. The lowest BCUT2D eigenvalue weighted by atomic mass is 10.1. The number of imidazole rings is 1. The second-order valence-electron chi connectivity index (χ2n) is 6.83. The number of para-hydroxylation sites is 1. The SMILES string of the molecule is CC(=O)Oc1ccccc1CNc1ncnc2c1ncn2C1O[C@H](CO)[C@@H](O)[C@H]1O. The molecule has 11 nitrogen and oxygen atoms in total. The predicted octanol–water partition coefficient (Wildman–Crippen LogP) is -0.0248. The molecule has 1 fully saturated rings. The lowest BCUT2D eigenvalue weighted by Crippen LogP contribution is -2.33. The molecule has 4 rings (SSSR count). The van der Waals surface area contributed by atoms with Gasteiger partial charge in [-0.15, -0.1) is 0 Å². The number of aliphatic hydroxyl groups is 3. The highest BCUT2D eigenvalue weighted by Crippen LogP contribution is 2.32. The molecule has 1 aliphatic rings. The van der Waals surface area contributed by atoms with Gasteiger partial charge in [0.25, 0.3) is 0 Å². The molecule has 158 valence electrons. The third-order valence-corrected chi connectivity index (χ3v) is 4.82. The lowest BCUT2D eigenvalue weighted by Gasteiger charge is -2.16. The monoisotopic (exact) mass is 415 g/mol. The zero-order valence-electron chi connectivity index (χ0n) is 16.0. The minimum absolute atomic E-state index is 0.316. The largest absolute Gasteiger partial charge is 0.426 e. The second-order valence-corrected chi connectivity index (χ2v) is 6.83. The molecule has 1 saturated heterocycles. The van der Waals surface area contributed by atoms with Crippen molar-refractivity contribution in [2.24, 2.45) is 0 Å². The van der Waals surface area contributed by atoms with Crippen LogP contribution in [0, 0.1) is 0 Å². The van der Waals surface area contributed by atoms with Crippen molar-refractivity contribution in [1.29, 1.82) is 0 Å². The van der Waals surface area contributed by atoms with Crippen LogP contribution < -0.4 is 10.1 Å². The third kappa shape index (κ3) is 3.71. The van der Waals surface area contributed by atoms with Crippen molar-refractivity contribution in [3.8, 4) is 5.75 Å². The smallest absolute Gasteiger partial charge is 0.308 e. The number of ether oxygens (including phenoxy) is 2. The quantitative estimate of drug-likeness (QED) is 0.319. The van der Waals surface area contributed by atoms with Gasteiger partial charge in [0, 0.05) is 19.0 Å². The van der Waals surface area contributed by atoms with Crippen molar-refractivity contribution < 1.29 is 29.6 Å². The normalized spacial score (nSPS) is 23.6. The zero-order chi connectivity index (χ0) is 21.3. The number of nitrogens with zero attached hydrogens (tertiary/aromatic N) is 4. The van der Waals surface area contributed by atoms with E-state index in [0.29, 0.717) is 29.3 Å². The average molecular weight is 415 g/mol. The molecule has 4 atom stereocenters. The Morgan fingerprint density at radius 2 is 2.03 bits per heavy atom. The van der Waals surface area contributed by atoms with Gasteiger partial charge in [0.2, 0.25) is 0 Å². The summed E-state index contributed by atoms with van der Waals surface area (Å²) in [4.78, 5) is 24.0. The van der Waals surface area contributed by atoms with E-state index < -0.39 is 37.1 Å². The van der Waals surface area contributed by atoms with Crippen LogP contribution in [0.3, 0.4) is 0 Å². The van der Waals surface area contributed by atoms with E-state index in [4.69, 9.17) is 9.47 Å². The number of benzene rings is 1. The highest BCUT2D eigenvalue weighted by atomic mass is 16.6. The van der Waals surface area contributed by atoms with Crippen LogP contribution in [0.2, 0.25) is 0 Å². The standard InChI is InChI=1S/C19H21N5O6/c1-10(26)29-12-5-3-2-4-11(12)6-20-17-14-18(22-8-21-17)24(9-23-14)19-16(28)15(27)13(7-25)30-19/h2-5,8-9,13,15-16,19,25,27-28H,6-7H2,1H3,(H,20,21,22)/t13-,15-,16-,19?/m1/s1. The van der Waals surface area contributed by atoms with Gasteiger partial charge in [-0.3, -0.25) is 9.36 Å². The van der Waals surface area contributed by atoms with Gasteiger partial charge in [0.1, 0.15) is 30.4 Å². The lowest BCUT2D eigenvalue weighted by molar-refractivity contribution is -0.131. The Morgan fingerprint density at radius 3 is 2.77 bits per heavy atom. The van der Waals surface area contributed by atoms with Gasteiger partial charge >= 0.3 is 5.97 Å². The van der Waals surface area contributed by atoms with Crippen LogP contribution in [0.5, 0.6) is 5.75 Å². The first-order valence-corrected chi connectivity index (χ1v) is 9.29. The molecule has 0 radical (unpaired) electrons. The third-order valence-electron chi connectivity index (χ3n) is 4.82. The molecule has 0 aliphatic carbocycles. The summed E-state index contributed by atoms with van der Waals surface area (Å²) in [7, 11) is 0. The van der Waals surface area contributed by atoms with E-state index in [2.05, 4.69) is 20.3 Å². The van der Waals surface area contributed by atoms with Crippen LogP contribution in [0.1, 0.15) is 18.7 Å². The van der Waals surface area contributed by atoms with Crippen LogP contribution >= 0.6 is 0 Å². The van der Waals surface area contributed by atoms with Crippen molar-refractivity contribution >= 4 is 23.0 Å². The summed E-state index contributed by atoms with van der Waals surface area (Å²) in [6, 6.07) is 7.12. The first-order valence-electron chi connectivity index (χ1n) is 9.29. The molecular weight excluding hydrogens is 394 g/mol. The summed E-state index contributed by atoms with van der Waals surface area (Å²) in [5, 5.41) is 32.7. The molecule has 30 heavy (non-hydrogen) atoms. The van der Waals surface area contributed by atoms with E-state index in [1.54, 1.807) is 12.1 Å². The number of aromatic nitrogens is 4. The van der Waals surface area contributed by atoms with E-state index >= 15 is 0 Å². The number of aliphatic hydroxyl groups excluding tert-OH is 3. The fourth-order valence-electron chi connectivity index (χ4n) is 3.36. The van der Waals surface area contributed by atoms with E-state index in [-0.39, 0.29) is 0 Å². The highest BCUT2D eigenvalue weighted by Gasteiger charge is 2.44. The molecule has 0 bridgehead atoms. The predicted molar refractivity (Wildman–Crippen MR) is 103 cm³/mol. The van der Waals surface area contributed by atoms with Gasteiger partial charge in [-0.05, 0) is 6.07 Å². The summed E-state index contributed by atoms with van der Waals surface area (Å²) >= 11 is 0. The summed E-state index contributed by atoms with van der Waals surface area (Å²) in [5.74, 6) is 0.465. The maximum absolute atomic E-state index is 11.3. The molecule has 0 spiro atoms. The minimum atomic E-state index is -1.25. The van der Waals surface area contributed by atoms with Gasteiger partial charge < -0.3 is 30.1 Å². The Morgan fingerprint density at radius 1 is 1.23 bits per heavy atom. The number of anilines is 1. The molecule has 3 heterocycles. The number of nitrogens with one attached hydrogen (secondary N) is 1. The van der Waals surface area contributed by atoms with E-state index in [1.807, 2.05) is 12.1 Å². The Hall–Kier alpha value is -3.12. The topological polar surface area (TPSA) is 152 Å². The van der Waals surface area contributed by atoms with Gasteiger partial charge in [0.05, 0.1) is 12.9 Å². The molecule has 1 aromatic carbocycles. The van der Waals surface area contributed by atoms with Crippen LogP contribution in [-0.4, -0.2) is 65.7 Å². The number of carbonyl (C=O) groups excluding carboxylic acids is 1. The molecule has 0 amide bonds. The van der Waals surface area contributed by atoms with Crippen LogP contribution in [-0.2, 0) is 16.1 Å². The number of carbonyl (C=O) groups is 1. The fourth-order valence-corrected chi connectivity index (χ4v) is 3.36. The van der Waals surface area contributed by atoms with Crippen molar-refractivity contribution in [2.45, 2.75) is 38.0 Å². The molecule has 0 saturated carbocycles. The Bertz CT molecular complexity index is 1060. The number of esters is 1. The van der Waals surface area contributed by atoms with E-state index in [0.717, 1.165) is 5.56 Å². The number of hydrogen-bond acceptors (Lipinski definition) is 10. The van der Waals surface area contributed by atoms with Gasteiger partial charge in [0.15, 0.2) is 23.2 Å². The fraction of sp³-hybridized carbons (Fsp3) is 0.368. The van der Waals surface area contributed by atoms with E-state index in [1.165, 1.54) is 24.1 Å². The van der Waals surface area contributed by atoms with Crippen LogP contribution in [0.25, 0.3) is 11.2 Å². The van der Waals surface area contributed by atoms with E-state index in [9.17, 15) is 20.1 Å². The summed E-state index contributed by atoms with van der Waals surface area (Å²) in [6.07, 6.45) is -1.56.